The molecule has 1 aromatic rings. The van der Waals surface area contributed by atoms with Gasteiger partial charge in [-0.25, -0.2) is 0 Å². The van der Waals surface area contributed by atoms with Gasteiger partial charge in [-0.05, 0) is 49.4 Å². The molecule has 0 radical (unpaired) electrons. The highest BCUT2D eigenvalue weighted by molar-refractivity contribution is 9.10. The SMILES string of the molecule is CCCCC(CC)(CCOc1cccc(Br)c1)CNCC. The lowest BCUT2D eigenvalue weighted by atomic mass is 9.77. The first-order valence-electron chi connectivity index (χ1n) is 8.25. The first-order chi connectivity index (χ1) is 10.2. The van der Waals surface area contributed by atoms with Crippen LogP contribution in [-0.2, 0) is 0 Å². The Balaban J connectivity index is 2.54. The van der Waals surface area contributed by atoms with Crippen molar-refractivity contribution < 1.29 is 4.74 Å². The predicted octanol–water partition coefficient (Wildman–Crippen LogP) is 5.41. The van der Waals surface area contributed by atoms with Gasteiger partial charge in [0, 0.05) is 11.0 Å². The van der Waals surface area contributed by atoms with E-state index in [2.05, 4.69) is 42.0 Å². The summed E-state index contributed by atoms with van der Waals surface area (Å²) < 4.78 is 7.02. The Morgan fingerprint density at radius 1 is 1.19 bits per heavy atom. The molecular weight excluding hydrogens is 326 g/mol. The average molecular weight is 356 g/mol. The molecule has 1 unspecified atom stereocenters. The summed E-state index contributed by atoms with van der Waals surface area (Å²) in [5.41, 5.74) is 0.373. The first-order valence-corrected chi connectivity index (χ1v) is 9.04. The van der Waals surface area contributed by atoms with E-state index in [9.17, 15) is 0 Å². The third-order valence-corrected chi connectivity index (χ3v) is 4.75. The summed E-state index contributed by atoms with van der Waals surface area (Å²) in [4.78, 5) is 0. The Hall–Kier alpha value is -0.540. The van der Waals surface area contributed by atoms with Crippen molar-refractivity contribution in [3.05, 3.63) is 28.7 Å². The summed E-state index contributed by atoms with van der Waals surface area (Å²) in [7, 11) is 0. The molecule has 2 nitrogen and oxygen atoms in total. The highest BCUT2D eigenvalue weighted by Crippen LogP contribution is 2.32. The molecule has 0 aliphatic rings. The van der Waals surface area contributed by atoms with Crippen LogP contribution in [0.15, 0.2) is 28.7 Å². The molecule has 0 saturated heterocycles. The van der Waals surface area contributed by atoms with Crippen LogP contribution in [-0.4, -0.2) is 19.7 Å². The fourth-order valence-corrected chi connectivity index (χ4v) is 3.04. The zero-order chi connectivity index (χ0) is 15.6. The molecule has 0 aliphatic heterocycles. The lowest BCUT2D eigenvalue weighted by molar-refractivity contribution is 0.165. The molecule has 0 heterocycles. The zero-order valence-corrected chi connectivity index (χ0v) is 15.3. The standard InChI is InChI=1S/C18H30BrNO/c1-4-7-11-18(5-2,15-20-6-3)12-13-21-17-10-8-9-16(19)14-17/h8-10,14,20H,4-7,11-13,15H2,1-3H3. The molecule has 0 amide bonds. The summed E-state index contributed by atoms with van der Waals surface area (Å²) in [6, 6.07) is 8.09. The number of benzene rings is 1. The summed E-state index contributed by atoms with van der Waals surface area (Å²) in [5, 5.41) is 3.54. The number of ether oxygens (including phenoxy) is 1. The maximum atomic E-state index is 5.95. The minimum absolute atomic E-state index is 0.373. The van der Waals surface area contributed by atoms with Crippen LogP contribution < -0.4 is 10.1 Å². The second-order valence-corrected chi connectivity index (χ2v) is 6.71. The van der Waals surface area contributed by atoms with Gasteiger partial charge in [0.1, 0.15) is 5.75 Å². The van der Waals surface area contributed by atoms with Crippen molar-refractivity contribution in [3.63, 3.8) is 0 Å². The molecule has 1 atom stereocenters. The van der Waals surface area contributed by atoms with E-state index in [1.165, 1.54) is 25.7 Å². The Bertz CT molecular complexity index is 387. The van der Waals surface area contributed by atoms with Crippen LogP contribution in [0.25, 0.3) is 0 Å². The van der Waals surface area contributed by atoms with Gasteiger partial charge in [0.2, 0.25) is 0 Å². The number of hydrogen-bond donors (Lipinski definition) is 1. The largest absolute Gasteiger partial charge is 0.494 e. The minimum Gasteiger partial charge on any atom is -0.494 e. The van der Waals surface area contributed by atoms with Gasteiger partial charge in [-0.1, -0.05) is 55.6 Å². The summed E-state index contributed by atoms with van der Waals surface area (Å²) in [6.45, 7) is 9.69. The number of unbranched alkanes of at least 4 members (excludes halogenated alkanes) is 1. The molecule has 21 heavy (non-hydrogen) atoms. The predicted molar refractivity (Wildman–Crippen MR) is 95.0 cm³/mol. The zero-order valence-electron chi connectivity index (χ0n) is 13.8. The highest BCUT2D eigenvalue weighted by atomic mass is 79.9. The Morgan fingerprint density at radius 2 is 2.00 bits per heavy atom. The maximum Gasteiger partial charge on any atom is 0.120 e. The monoisotopic (exact) mass is 355 g/mol. The Morgan fingerprint density at radius 3 is 2.62 bits per heavy atom. The van der Waals surface area contributed by atoms with Gasteiger partial charge in [0.05, 0.1) is 6.61 Å². The van der Waals surface area contributed by atoms with Crippen molar-refractivity contribution in [2.45, 2.75) is 52.9 Å². The van der Waals surface area contributed by atoms with E-state index in [1.54, 1.807) is 0 Å². The summed E-state index contributed by atoms with van der Waals surface area (Å²) >= 11 is 3.49. The molecule has 0 aliphatic carbocycles. The quantitative estimate of drug-likeness (QED) is 0.572. The van der Waals surface area contributed by atoms with Gasteiger partial charge in [-0.2, -0.15) is 0 Å². The summed E-state index contributed by atoms with van der Waals surface area (Å²) in [5.74, 6) is 0.952. The van der Waals surface area contributed by atoms with E-state index in [-0.39, 0.29) is 0 Å². The van der Waals surface area contributed by atoms with E-state index in [0.717, 1.165) is 36.3 Å². The van der Waals surface area contributed by atoms with Crippen LogP contribution in [0, 0.1) is 5.41 Å². The second-order valence-electron chi connectivity index (χ2n) is 5.79. The molecule has 0 fully saturated rings. The molecule has 1 aromatic carbocycles. The third-order valence-electron chi connectivity index (χ3n) is 4.26. The van der Waals surface area contributed by atoms with E-state index in [4.69, 9.17) is 4.74 Å². The van der Waals surface area contributed by atoms with Gasteiger partial charge >= 0.3 is 0 Å². The van der Waals surface area contributed by atoms with Crippen LogP contribution in [0.5, 0.6) is 5.75 Å². The molecule has 3 heteroatoms. The van der Waals surface area contributed by atoms with E-state index >= 15 is 0 Å². The van der Waals surface area contributed by atoms with E-state index in [0.29, 0.717) is 5.41 Å². The second kappa shape index (κ2) is 10.2. The van der Waals surface area contributed by atoms with E-state index < -0.39 is 0 Å². The highest BCUT2D eigenvalue weighted by Gasteiger charge is 2.27. The molecular formula is C18H30BrNO. The van der Waals surface area contributed by atoms with Crippen molar-refractivity contribution in [3.8, 4) is 5.75 Å². The molecule has 1 rings (SSSR count). The third kappa shape index (κ3) is 6.84. The molecule has 0 saturated carbocycles. The van der Waals surface area contributed by atoms with Crippen molar-refractivity contribution in [1.82, 2.24) is 5.32 Å². The number of hydrogen-bond acceptors (Lipinski definition) is 2. The Kier molecular flexibility index (Phi) is 9.02. The van der Waals surface area contributed by atoms with Crippen LogP contribution in [0.4, 0.5) is 0 Å². The van der Waals surface area contributed by atoms with Gasteiger partial charge in [0.25, 0.3) is 0 Å². The summed E-state index contributed by atoms with van der Waals surface area (Å²) in [6.07, 6.45) is 6.18. The normalized spacial score (nSPS) is 13.9. The first kappa shape index (κ1) is 18.5. The fourth-order valence-electron chi connectivity index (χ4n) is 2.66. The van der Waals surface area contributed by atoms with Gasteiger partial charge < -0.3 is 10.1 Å². The fraction of sp³-hybridized carbons (Fsp3) is 0.667. The van der Waals surface area contributed by atoms with E-state index in [1.807, 2.05) is 24.3 Å². The smallest absolute Gasteiger partial charge is 0.120 e. The minimum atomic E-state index is 0.373. The lowest BCUT2D eigenvalue weighted by Gasteiger charge is -2.33. The van der Waals surface area contributed by atoms with Crippen molar-refractivity contribution >= 4 is 15.9 Å². The molecule has 0 spiro atoms. The van der Waals surface area contributed by atoms with Crippen molar-refractivity contribution in [1.29, 1.82) is 0 Å². The Labute approximate surface area is 138 Å². The molecule has 0 bridgehead atoms. The molecule has 0 aromatic heterocycles. The van der Waals surface area contributed by atoms with Crippen LogP contribution in [0.1, 0.15) is 52.9 Å². The van der Waals surface area contributed by atoms with Gasteiger partial charge in [0.15, 0.2) is 0 Å². The van der Waals surface area contributed by atoms with Gasteiger partial charge in [-0.3, -0.25) is 0 Å². The van der Waals surface area contributed by atoms with Crippen LogP contribution in [0.2, 0.25) is 0 Å². The number of rotatable bonds is 11. The maximum absolute atomic E-state index is 5.95. The topological polar surface area (TPSA) is 21.3 Å². The van der Waals surface area contributed by atoms with Crippen LogP contribution in [0.3, 0.4) is 0 Å². The average Bonchev–Trinajstić information content (AvgIpc) is 2.50. The van der Waals surface area contributed by atoms with Crippen molar-refractivity contribution in [2.24, 2.45) is 5.41 Å². The molecule has 120 valence electrons. The van der Waals surface area contributed by atoms with Gasteiger partial charge in [-0.15, -0.1) is 0 Å². The van der Waals surface area contributed by atoms with Crippen LogP contribution >= 0.6 is 15.9 Å². The van der Waals surface area contributed by atoms with Crippen molar-refractivity contribution in [2.75, 3.05) is 19.7 Å². The molecule has 1 N–H and O–H groups in total. The lowest BCUT2D eigenvalue weighted by Crippen LogP contribution is -2.35. The number of halogens is 1. The number of nitrogens with one attached hydrogen (secondary N) is 1.